The Hall–Kier alpha value is -9.35. The summed E-state index contributed by atoms with van der Waals surface area (Å²) in [6.45, 7) is 7.27. The number of pyridine rings is 4. The minimum Gasteiger partial charge on any atom is -0.457 e. The number of aromatic nitrogens is 4. The topological polar surface area (TPSA) is 425 Å². The Balaban J connectivity index is 0.723. The second-order valence-corrected chi connectivity index (χ2v) is 32.3. The average molecular weight is 1590 g/mol. The van der Waals surface area contributed by atoms with Crippen LogP contribution in [0.3, 0.4) is 0 Å². The number of ether oxygens (including phenoxy) is 6. The fourth-order valence-electron chi connectivity index (χ4n) is 13.8. The number of unbranched alkanes of at least 4 members (excludes halogenated alkanes) is 3. The molecule has 30 nitrogen and oxygen atoms in total. The Labute approximate surface area is 649 Å². The molecule has 9 N–H and O–H groups in total. The molecule has 6 aromatic rings. The molecule has 0 saturated heterocycles. The number of amides is 5. The van der Waals surface area contributed by atoms with Crippen molar-refractivity contribution in [3.63, 3.8) is 0 Å². The van der Waals surface area contributed by atoms with Crippen molar-refractivity contribution in [1.82, 2.24) is 45.7 Å². The van der Waals surface area contributed by atoms with E-state index in [2.05, 4.69) is 26.6 Å². The Morgan fingerprint density at radius 1 is 0.545 bits per heavy atom. The zero-order chi connectivity index (χ0) is 78.8. The number of nitrogens with two attached hydrogens (primary N) is 2. The Bertz CT molecular complexity index is 4640. The maximum atomic E-state index is 14.6. The van der Waals surface area contributed by atoms with E-state index in [0.29, 0.717) is 73.5 Å². The van der Waals surface area contributed by atoms with Crippen LogP contribution < -0.4 is 49.2 Å². The van der Waals surface area contributed by atoms with Crippen LogP contribution >= 0.6 is 43.2 Å². The molecule has 0 spiro atoms. The van der Waals surface area contributed by atoms with Gasteiger partial charge in [0.1, 0.15) is 38.5 Å². The molecule has 0 aliphatic carbocycles. The van der Waals surface area contributed by atoms with Gasteiger partial charge in [-0.2, -0.15) is 0 Å². The molecule has 4 aliphatic rings. The van der Waals surface area contributed by atoms with Crippen molar-refractivity contribution >= 4 is 130 Å². The van der Waals surface area contributed by atoms with E-state index in [9.17, 15) is 62.3 Å². The van der Waals surface area contributed by atoms with Gasteiger partial charge in [0.2, 0.25) is 40.7 Å². The lowest BCUT2D eigenvalue weighted by atomic mass is 9.85. The summed E-state index contributed by atoms with van der Waals surface area (Å²) in [5.74, 6) is -5.95. The highest BCUT2D eigenvalue weighted by atomic mass is 33.1. The molecule has 34 heteroatoms. The number of carbonyl (C=O) groups excluding carboxylic acids is 11. The molecule has 10 rings (SSSR count). The van der Waals surface area contributed by atoms with Gasteiger partial charge in [-0.25, -0.2) is 29.1 Å². The van der Waals surface area contributed by atoms with Crippen molar-refractivity contribution in [2.75, 3.05) is 55.9 Å². The second kappa shape index (κ2) is 38.5. The Morgan fingerprint density at radius 2 is 1.00 bits per heavy atom. The molecule has 4 aromatic heterocycles. The molecular formula is C76H91N11O19S4. The maximum Gasteiger partial charge on any atom is 0.509 e. The van der Waals surface area contributed by atoms with Crippen molar-refractivity contribution in [1.29, 1.82) is 0 Å². The summed E-state index contributed by atoms with van der Waals surface area (Å²) in [6, 6.07) is 18.0. The number of nitrogens with one attached hydrogen (secondary N) is 5. The third kappa shape index (κ3) is 19.7. The zero-order valence-electron chi connectivity index (χ0n) is 61.8. The van der Waals surface area contributed by atoms with Gasteiger partial charge in [-0.05, 0) is 121 Å². The molecule has 0 radical (unpaired) electrons. The number of Topliss-reactive ketones (excluding diaryl/α,β-unsaturated/α-hetero) is 2. The Kier molecular flexibility index (Phi) is 29.1. The highest BCUT2D eigenvalue weighted by molar-refractivity contribution is 8.77. The number of nitrogens with zero attached hydrogens (tertiary/aromatic N) is 4. The van der Waals surface area contributed by atoms with Crippen molar-refractivity contribution in [3.05, 3.63) is 127 Å². The first kappa shape index (κ1) is 83.1. The lowest BCUT2D eigenvalue weighted by molar-refractivity contribution is -0.175. The van der Waals surface area contributed by atoms with Crippen LogP contribution in [0.25, 0.3) is 44.6 Å². The number of ketones is 2. The molecular weight excluding hydrogens is 1500 g/mol. The summed E-state index contributed by atoms with van der Waals surface area (Å²) in [4.78, 5) is 186. The van der Waals surface area contributed by atoms with Crippen molar-refractivity contribution in [2.24, 2.45) is 17.4 Å². The van der Waals surface area contributed by atoms with E-state index in [-0.39, 0.29) is 142 Å². The molecule has 0 fully saturated rings. The van der Waals surface area contributed by atoms with Crippen LogP contribution in [0.2, 0.25) is 0 Å². The SMILES string of the molecule is CC[C@]1(OC(=O)OCCSSC[C@@H](NC(C)=O)C(=O)N[C@@H](CCCCNC(=O)[C@@H](CSSCCOC(=O)O[C@]2(CC)C(=O)OCc3c2cc2n(c3=O)Cc3cc4ccccc4nc3-2)NC(C)=O)C(=O)C[C@@H](CCCCN)C(=O)N[C@@H](CCCCN)C(C)=O)C(=O)OCc2c1cc1n(c2=O)Cc2cc3ccccc3nc2-1. The van der Waals surface area contributed by atoms with E-state index in [1.807, 2.05) is 60.7 Å². The molecule has 7 atom stereocenters. The first-order chi connectivity index (χ1) is 52.9. The van der Waals surface area contributed by atoms with Gasteiger partial charge in [0.15, 0.2) is 11.6 Å². The maximum absolute atomic E-state index is 14.6. The third-order valence-electron chi connectivity index (χ3n) is 19.6. The van der Waals surface area contributed by atoms with Gasteiger partial charge in [0.25, 0.3) is 11.1 Å². The van der Waals surface area contributed by atoms with Gasteiger partial charge in [0, 0.05) is 88.8 Å². The van der Waals surface area contributed by atoms with Gasteiger partial charge < -0.3 is 75.6 Å². The summed E-state index contributed by atoms with van der Waals surface area (Å²) in [5.41, 5.74) is 12.5. The predicted octanol–water partition coefficient (Wildman–Crippen LogP) is 6.95. The first-order valence-corrected chi connectivity index (χ1v) is 41.6. The molecule has 0 unspecified atom stereocenters. The summed E-state index contributed by atoms with van der Waals surface area (Å²) >= 11 is 0. The molecule has 0 bridgehead atoms. The first-order valence-electron chi connectivity index (χ1n) is 36.7. The van der Waals surface area contributed by atoms with Gasteiger partial charge in [-0.1, -0.05) is 99.8 Å². The number of fused-ring (bicyclic) bond motifs is 10. The van der Waals surface area contributed by atoms with Crippen molar-refractivity contribution in [3.8, 4) is 22.8 Å². The van der Waals surface area contributed by atoms with Crippen LogP contribution in [-0.4, -0.2) is 164 Å². The molecule has 588 valence electrons. The summed E-state index contributed by atoms with van der Waals surface area (Å²) in [6.07, 6.45) is 0.378. The largest absolute Gasteiger partial charge is 0.509 e. The van der Waals surface area contributed by atoms with E-state index in [4.69, 9.17) is 49.9 Å². The number of benzene rings is 2. The quantitative estimate of drug-likeness (QED) is 0.00884. The van der Waals surface area contributed by atoms with Gasteiger partial charge >= 0.3 is 24.2 Å². The second-order valence-electron chi connectivity index (χ2n) is 27.1. The van der Waals surface area contributed by atoms with Crippen LogP contribution in [-0.2, 0) is 109 Å². The summed E-state index contributed by atoms with van der Waals surface area (Å²) < 4.78 is 36.6. The van der Waals surface area contributed by atoms with Crippen LogP contribution in [0.15, 0.2) is 82.4 Å². The molecule has 0 saturated carbocycles. The highest BCUT2D eigenvalue weighted by Gasteiger charge is 2.53. The van der Waals surface area contributed by atoms with Crippen LogP contribution in [0, 0.1) is 5.92 Å². The highest BCUT2D eigenvalue weighted by Crippen LogP contribution is 2.44. The summed E-state index contributed by atoms with van der Waals surface area (Å²) in [7, 11) is 4.75. The predicted molar refractivity (Wildman–Crippen MR) is 415 cm³/mol. The van der Waals surface area contributed by atoms with E-state index in [1.165, 1.54) is 53.2 Å². The number of esters is 2. The lowest BCUT2D eigenvalue weighted by Gasteiger charge is -2.35. The molecule has 5 amide bonds. The third-order valence-corrected chi connectivity index (χ3v) is 24.3. The van der Waals surface area contributed by atoms with Crippen molar-refractivity contribution in [2.45, 2.75) is 173 Å². The summed E-state index contributed by atoms with van der Waals surface area (Å²) in [5, 5.41) is 15.5. The number of hydrogen-bond acceptors (Lipinski definition) is 27. The standard InChI is InChI=1S/C76H91N11O19S4/c1-6-75(53-35-61-64-49(32-46-18-8-10-22-56(46)82-64)37-86(61)69(95)51(53)39-103-71(75)97)105-73(99)101-28-30-107-109-41-59(80-44(4)89)67(93)79-27-17-14-24-58(63(91)34-48(20-12-15-25-77)66(92)84-55(43(3)88)21-13-16-26-78)85-68(94)60(81-45(5)90)42-110-108-31-29-102-74(100)106-76(7-2)54-36-62-65-50(33-47-19-9-11-23-57(47)83-65)38-87(62)70(96)52(54)40-104-72(76)98/h8-11,18-19,22-23,32-33,35-36,48,55,58-60H,6-7,12-17,20-21,24-31,34,37-42,77-78H2,1-5H3,(H,79,93)(H,80,89)(H,81,90)(H,84,92)(H,85,94)/t48-,55+,58+,59-,60-,75+,76-/m1/s1. The van der Waals surface area contributed by atoms with Crippen molar-refractivity contribution < 1.29 is 81.2 Å². The number of rotatable bonds is 40. The molecule has 2 aromatic carbocycles. The molecule has 4 aliphatic heterocycles. The molecule has 8 heterocycles. The molecule has 110 heavy (non-hydrogen) atoms. The number of cyclic esters (lactones) is 2. The van der Waals surface area contributed by atoms with E-state index in [0.717, 1.165) is 38.2 Å². The monoisotopic (exact) mass is 1590 g/mol. The van der Waals surface area contributed by atoms with Crippen LogP contribution in [0.5, 0.6) is 0 Å². The number of carbonyl (C=O) groups is 11. The van der Waals surface area contributed by atoms with E-state index < -0.39 is 112 Å². The van der Waals surface area contributed by atoms with Crippen LogP contribution in [0.1, 0.15) is 145 Å². The van der Waals surface area contributed by atoms with Gasteiger partial charge in [-0.15, -0.1) is 0 Å². The zero-order valence-corrected chi connectivity index (χ0v) is 65.1. The van der Waals surface area contributed by atoms with Crippen LogP contribution in [0.4, 0.5) is 9.59 Å². The van der Waals surface area contributed by atoms with Gasteiger partial charge in [-0.3, -0.25) is 43.2 Å². The number of hydrogen-bond donors (Lipinski definition) is 7. The minimum atomic E-state index is -2.02. The normalized spacial score (nSPS) is 17.0. The average Bonchev–Trinajstić information content (AvgIpc) is 1.50. The van der Waals surface area contributed by atoms with Gasteiger partial charge in [0.05, 0.1) is 70.1 Å². The minimum absolute atomic E-state index is 0.0138. The Morgan fingerprint density at radius 3 is 1.47 bits per heavy atom. The van der Waals surface area contributed by atoms with E-state index in [1.54, 1.807) is 35.1 Å². The van der Waals surface area contributed by atoms with E-state index >= 15 is 0 Å². The fraction of sp³-hybridized carbons (Fsp3) is 0.487. The fourth-order valence-corrected chi connectivity index (χ4v) is 17.8. The smallest absolute Gasteiger partial charge is 0.457 e. The number of para-hydroxylation sites is 2. The lowest BCUT2D eigenvalue weighted by Crippen LogP contribution is -2.52.